The average Bonchev–Trinajstić information content (AvgIpc) is 2.78. The van der Waals surface area contributed by atoms with E-state index in [4.69, 9.17) is 32.7 Å². The van der Waals surface area contributed by atoms with E-state index in [2.05, 4.69) is 24.4 Å². The monoisotopic (exact) mass is 498 g/mol. The number of hydrogen-bond donors (Lipinski definition) is 1. The highest BCUT2D eigenvalue weighted by Crippen LogP contribution is 2.25. The fraction of sp³-hybridized carbons (Fsp3) is 0.192. The van der Waals surface area contributed by atoms with Gasteiger partial charge in [-0.2, -0.15) is 5.10 Å². The van der Waals surface area contributed by atoms with Gasteiger partial charge in [0.05, 0.1) is 16.8 Å². The maximum absolute atomic E-state index is 12.4. The Balaban J connectivity index is 1.55. The van der Waals surface area contributed by atoms with E-state index >= 15 is 0 Å². The smallest absolute Gasteiger partial charge is 0.345 e. The Morgan fingerprint density at radius 1 is 1.06 bits per heavy atom. The van der Waals surface area contributed by atoms with Gasteiger partial charge in [-0.15, -0.1) is 0 Å². The van der Waals surface area contributed by atoms with Gasteiger partial charge in [-0.3, -0.25) is 4.79 Å². The van der Waals surface area contributed by atoms with E-state index in [1.165, 1.54) is 18.3 Å². The van der Waals surface area contributed by atoms with Crippen LogP contribution in [0.25, 0.3) is 0 Å². The minimum atomic E-state index is -0.613. The summed E-state index contributed by atoms with van der Waals surface area (Å²) in [5.74, 6) is 0.318. The van der Waals surface area contributed by atoms with Crippen molar-refractivity contribution in [3.8, 4) is 11.5 Å². The van der Waals surface area contributed by atoms with Crippen LogP contribution < -0.4 is 14.9 Å². The van der Waals surface area contributed by atoms with Crippen molar-refractivity contribution in [1.82, 2.24) is 5.43 Å². The number of hydrogen-bond acceptors (Lipinski definition) is 5. The molecule has 34 heavy (non-hydrogen) atoms. The Labute approximate surface area is 208 Å². The fourth-order valence-corrected chi connectivity index (χ4v) is 3.45. The molecule has 1 amide bonds. The molecule has 0 saturated carbocycles. The van der Waals surface area contributed by atoms with Crippen LogP contribution in [0.1, 0.15) is 46.8 Å². The number of aryl methyl sites for hydroxylation is 1. The molecule has 3 aromatic rings. The number of esters is 1. The fourth-order valence-electron chi connectivity index (χ4n) is 2.96. The van der Waals surface area contributed by atoms with E-state index in [-0.39, 0.29) is 17.2 Å². The van der Waals surface area contributed by atoms with Gasteiger partial charge in [0.2, 0.25) is 0 Å². The maximum Gasteiger partial charge on any atom is 0.345 e. The lowest BCUT2D eigenvalue weighted by atomic mass is 10.0. The number of rotatable bonds is 8. The zero-order valence-corrected chi connectivity index (χ0v) is 20.5. The highest BCUT2D eigenvalue weighted by atomic mass is 35.5. The molecule has 1 N–H and O–H groups in total. The Bertz CT molecular complexity index is 1230. The zero-order chi connectivity index (χ0) is 24.7. The minimum absolute atomic E-state index is 0.167. The van der Waals surface area contributed by atoms with Crippen molar-refractivity contribution in [3.05, 3.63) is 93.0 Å². The van der Waals surface area contributed by atoms with Crippen molar-refractivity contribution in [2.75, 3.05) is 6.61 Å². The number of carbonyl (C=O) groups is 2. The first kappa shape index (κ1) is 25.3. The summed E-state index contributed by atoms with van der Waals surface area (Å²) in [5.41, 5.74) is 5.33. The summed E-state index contributed by atoms with van der Waals surface area (Å²) >= 11 is 11.9. The van der Waals surface area contributed by atoms with Crippen LogP contribution >= 0.6 is 23.2 Å². The zero-order valence-electron chi connectivity index (χ0n) is 19.0. The van der Waals surface area contributed by atoms with Crippen molar-refractivity contribution in [1.29, 1.82) is 0 Å². The van der Waals surface area contributed by atoms with Gasteiger partial charge in [-0.05, 0) is 65.9 Å². The largest absolute Gasteiger partial charge is 0.483 e. The molecule has 0 aliphatic carbocycles. The molecule has 6 nitrogen and oxygen atoms in total. The number of benzene rings is 3. The van der Waals surface area contributed by atoms with Crippen LogP contribution in [-0.2, 0) is 4.79 Å². The summed E-state index contributed by atoms with van der Waals surface area (Å²) in [6.45, 7) is 5.95. The maximum atomic E-state index is 12.4. The molecule has 0 aromatic heterocycles. The molecular formula is C26H24Cl2N2O4. The van der Waals surface area contributed by atoms with E-state index in [0.29, 0.717) is 28.0 Å². The van der Waals surface area contributed by atoms with Gasteiger partial charge in [-0.1, -0.05) is 61.3 Å². The number of halogens is 2. The molecular weight excluding hydrogens is 475 g/mol. The standard InChI is InChI=1S/C26H24Cl2N2O4/c1-16(2)19-8-7-17(3)24(12-19)33-15-25(31)30-29-14-18-5-4-6-21(11-18)34-26(32)22-10-9-20(27)13-23(22)28/h4-14,16H,15H2,1-3H3,(H,30,31). The van der Waals surface area contributed by atoms with Crippen molar-refractivity contribution in [3.63, 3.8) is 0 Å². The summed E-state index contributed by atoms with van der Waals surface area (Å²) < 4.78 is 11.0. The second kappa shape index (κ2) is 11.7. The molecule has 0 radical (unpaired) electrons. The van der Waals surface area contributed by atoms with Crippen molar-refractivity contribution >= 4 is 41.3 Å². The number of nitrogens with zero attached hydrogens (tertiary/aromatic N) is 1. The third kappa shape index (κ3) is 7.07. The van der Waals surface area contributed by atoms with E-state index in [1.54, 1.807) is 30.3 Å². The van der Waals surface area contributed by atoms with Crippen LogP contribution in [0.5, 0.6) is 11.5 Å². The summed E-state index contributed by atoms with van der Waals surface area (Å²) in [5, 5.41) is 4.57. The molecule has 0 bridgehead atoms. The molecule has 0 aliphatic heterocycles. The molecule has 0 atom stereocenters. The lowest BCUT2D eigenvalue weighted by molar-refractivity contribution is -0.123. The number of amides is 1. The Morgan fingerprint density at radius 2 is 1.85 bits per heavy atom. The molecule has 0 heterocycles. The van der Waals surface area contributed by atoms with Crippen LogP contribution in [0.15, 0.2) is 65.8 Å². The predicted molar refractivity (Wildman–Crippen MR) is 134 cm³/mol. The van der Waals surface area contributed by atoms with Crippen molar-refractivity contribution in [2.45, 2.75) is 26.7 Å². The number of ether oxygens (including phenoxy) is 2. The predicted octanol–water partition coefficient (Wildman–Crippen LogP) is 6.17. The van der Waals surface area contributed by atoms with Crippen LogP contribution in [0.3, 0.4) is 0 Å². The molecule has 8 heteroatoms. The highest BCUT2D eigenvalue weighted by Gasteiger charge is 2.13. The lowest BCUT2D eigenvalue weighted by Crippen LogP contribution is -2.24. The van der Waals surface area contributed by atoms with Crippen molar-refractivity contribution in [2.24, 2.45) is 5.10 Å². The summed E-state index contributed by atoms with van der Waals surface area (Å²) in [6, 6.07) is 17.2. The number of nitrogens with one attached hydrogen (secondary N) is 1. The molecule has 3 rings (SSSR count). The average molecular weight is 499 g/mol. The molecule has 0 unspecified atom stereocenters. The van der Waals surface area contributed by atoms with Gasteiger partial charge in [-0.25, -0.2) is 10.2 Å². The second-order valence-corrected chi connectivity index (χ2v) is 8.69. The van der Waals surface area contributed by atoms with Crippen LogP contribution in [0.2, 0.25) is 10.0 Å². The van der Waals surface area contributed by atoms with E-state index < -0.39 is 11.9 Å². The first-order valence-corrected chi connectivity index (χ1v) is 11.3. The second-order valence-electron chi connectivity index (χ2n) is 7.85. The van der Waals surface area contributed by atoms with Gasteiger partial charge in [0.15, 0.2) is 6.61 Å². The number of hydrazone groups is 1. The Hall–Kier alpha value is -3.35. The third-order valence-electron chi connectivity index (χ3n) is 4.86. The molecule has 0 aliphatic rings. The first-order chi connectivity index (χ1) is 16.2. The molecule has 176 valence electrons. The van der Waals surface area contributed by atoms with Crippen LogP contribution in [0, 0.1) is 6.92 Å². The molecule has 0 fully saturated rings. The summed E-state index contributed by atoms with van der Waals surface area (Å²) in [6.07, 6.45) is 1.44. The molecule has 0 spiro atoms. The number of carbonyl (C=O) groups excluding carboxylic acids is 2. The summed E-state index contributed by atoms with van der Waals surface area (Å²) in [4.78, 5) is 24.5. The van der Waals surface area contributed by atoms with Gasteiger partial charge in [0.25, 0.3) is 5.91 Å². The van der Waals surface area contributed by atoms with Crippen LogP contribution in [-0.4, -0.2) is 24.7 Å². The normalized spacial score (nSPS) is 11.0. The van der Waals surface area contributed by atoms with Gasteiger partial charge >= 0.3 is 5.97 Å². The van der Waals surface area contributed by atoms with E-state index in [0.717, 1.165) is 11.1 Å². The first-order valence-electron chi connectivity index (χ1n) is 10.6. The summed E-state index contributed by atoms with van der Waals surface area (Å²) in [7, 11) is 0. The Kier molecular flexibility index (Phi) is 8.68. The molecule has 3 aromatic carbocycles. The van der Waals surface area contributed by atoms with Crippen molar-refractivity contribution < 1.29 is 19.1 Å². The van der Waals surface area contributed by atoms with Gasteiger partial charge in [0, 0.05) is 5.02 Å². The third-order valence-corrected chi connectivity index (χ3v) is 5.41. The minimum Gasteiger partial charge on any atom is -0.483 e. The topological polar surface area (TPSA) is 77.0 Å². The van der Waals surface area contributed by atoms with Gasteiger partial charge in [0.1, 0.15) is 11.5 Å². The quantitative estimate of drug-likeness (QED) is 0.174. The lowest BCUT2D eigenvalue weighted by Gasteiger charge is -2.12. The van der Waals surface area contributed by atoms with E-state index in [1.807, 2.05) is 25.1 Å². The highest BCUT2D eigenvalue weighted by molar-refractivity contribution is 6.36. The SMILES string of the molecule is Cc1ccc(C(C)C)cc1OCC(=O)NN=Cc1cccc(OC(=O)c2ccc(Cl)cc2Cl)c1. The Morgan fingerprint density at radius 3 is 2.59 bits per heavy atom. The van der Waals surface area contributed by atoms with Crippen LogP contribution in [0.4, 0.5) is 0 Å². The van der Waals surface area contributed by atoms with Gasteiger partial charge < -0.3 is 9.47 Å². The molecule has 0 saturated heterocycles. The van der Waals surface area contributed by atoms with E-state index in [9.17, 15) is 9.59 Å².